The predicted octanol–water partition coefficient (Wildman–Crippen LogP) is 6.19. The number of benzene rings is 1. The highest BCUT2D eigenvalue weighted by molar-refractivity contribution is 14.1. The summed E-state index contributed by atoms with van der Waals surface area (Å²) in [6.45, 7) is 8.95. The molecule has 0 aliphatic carbocycles. The number of fused-ring (bicyclic) bond motifs is 1. The highest BCUT2D eigenvalue weighted by atomic mass is 127. The van der Waals surface area contributed by atoms with Gasteiger partial charge in [0.25, 0.3) is 0 Å². The number of hydrogen-bond acceptors (Lipinski definition) is 4. The van der Waals surface area contributed by atoms with Gasteiger partial charge in [-0.1, -0.05) is 33.1 Å². The molecule has 0 saturated heterocycles. The zero-order valence-corrected chi connectivity index (χ0v) is 19.9. The minimum atomic E-state index is -1.79. The number of nitrogens with zero attached hydrogens (tertiary/aromatic N) is 1. The molecule has 0 fully saturated rings. The molecule has 144 valence electrons. The Morgan fingerprint density at radius 3 is 2.15 bits per heavy atom. The number of pyridine rings is 1. The molecule has 0 aliphatic heterocycles. The van der Waals surface area contributed by atoms with Gasteiger partial charge in [0.05, 0.1) is 23.5 Å². The van der Waals surface area contributed by atoms with Crippen molar-refractivity contribution in [2.24, 2.45) is 0 Å². The van der Waals surface area contributed by atoms with Crippen molar-refractivity contribution in [3.8, 4) is 17.4 Å². The van der Waals surface area contributed by atoms with E-state index < -0.39 is 8.32 Å². The van der Waals surface area contributed by atoms with Crippen LogP contribution >= 0.6 is 22.6 Å². The smallest absolute Gasteiger partial charge is 0.247 e. The van der Waals surface area contributed by atoms with Crippen LogP contribution in [-0.2, 0) is 6.42 Å². The molecule has 0 N–H and O–H groups in total. The summed E-state index contributed by atoms with van der Waals surface area (Å²) in [6.07, 6.45) is 4.35. The lowest BCUT2D eigenvalue weighted by Gasteiger charge is -2.25. The summed E-state index contributed by atoms with van der Waals surface area (Å²) in [5, 5.41) is 2.24. The summed E-state index contributed by atoms with van der Waals surface area (Å²) < 4.78 is 18.6. The summed E-state index contributed by atoms with van der Waals surface area (Å²) >= 11 is 2.36. The molecule has 0 saturated carbocycles. The Hall–Kier alpha value is -1.02. The molecular weight excluding hydrogens is 457 g/mol. The zero-order valence-electron chi connectivity index (χ0n) is 16.7. The van der Waals surface area contributed by atoms with Crippen LogP contribution in [0.3, 0.4) is 0 Å². The maximum Gasteiger partial charge on any atom is 0.247 e. The van der Waals surface area contributed by atoms with Crippen LogP contribution in [-0.4, -0.2) is 27.5 Å². The van der Waals surface area contributed by atoms with Crippen LogP contribution in [0, 0.1) is 3.57 Å². The maximum atomic E-state index is 6.51. The van der Waals surface area contributed by atoms with Gasteiger partial charge in [-0.3, -0.25) is 0 Å². The van der Waals surface area contributed by atoms with Gasteiger partial charge < -0.3 is 13.9 Å². The number of rotatable bonds is 9. The quantitative estimate of drug-likeness (QED) is 0.312. The molecule has 4 nitrogen and oxygen atoms in total. The second kappa shape index (κ2) is 9.26. The molecule has 0 radical (unpaired) electrons. The van der Waals surface area contributed by atoms with Crippen molar-refractivity contribution in [2.75, 3.05) is 14.2 Å². The molecule has 0 unspecified atom stereocenters. The number of hydrogen-bond donors (Lipinski definition) is 0. The van der Waals surface area contributed by atoms with Crippen molar-refractivity contribution in [3.63, 3.8) is 0 Å². The molecule has 2 rings (SSSR count). The fourth-order valence-corrected chi connectivity index (χ4v) is 5.92. The van der Waals surface area contributed by atoms with E-state index in [4.69, 9.17) is 18.9 Å². The molecule has 0 aliphatic rings. The Balaban J connectivity index is 2.60. The largest absolute Gasteiger partial charge is 0.530 e. The first-order chi connectivity index (χ1) is 12.4. The van der Waals surface area contributed by atoms with E-state index >= 15 is 0 Å². The fourth-order valence-electron chi connectivity index (χ4n) is 3.06. The van der Waals surface area contributed by atoms with Crippen LogP contribution in [0.5, 0.6) is 17.4 Å². The lowest BCUT2D eigenvalue weighted by Crippen LogP contribution is -2.34. The van der Waals surface area contributed by atoms with Crippen molar-refractivity contribution in [1.82, 2.24) is 4.98 Å². The van der Waals surface area contributed by atoms with Crippen LogP contribution in [0.25, 0.3) is 10.8 Å². The van der Waals surface area contributed by atoms with Gasteiger partial charge in [-0.2, -0.15) is 0 Å². The van der Waals surface area contributed by atoms with Gasteiger partial charge in [0.1, 0.15) is 0 Å². The second-order valence-electron chi connectivity index (χ2n) is 7.15. The number of unbranched alkanes of at least 4 members (excludes halogenated alkanes) is 1. The lowest BCUT2D eigenvalue weighted by molar-refractivity contribution is 0.356. The van der Waals surface area contributed by atoms with Crippen LogP contribution in [0.15, 0.2) is 12.1 Å². The van der Waals surface area contributed by atoms with Crippen molar-refractivity contribution in [2.45, 2.75) is 58.7 Å². The predicted molar refractivity (Wildman–Crippen MR) is 119 cm³/mol. The third-order valence-corrected chi connectivity index (χ3v) is 7.83. The summed E-state index contributed by atoms with van der Waals surface area (Å²) in [5.74, 6) is 2.25. The van der Waals surface area contributed by atoms with Crippen molar-refractivity contribution >= 4 is 41.7 Å². The van der Waals surface area contributed by atoms with E-state index in [9.17, 15) is 0 Å². The fraction of sp³-hybridized carbons (Fsp3) is 0.550. The van der Waals surface area contributed by atoms with Gasteiger partial charge in [-0.05, 0) is 60.3 Å². The summed E-state index contributed by atoms with van der Waals surface area (Å²) in [4.78, 5) is 4.92. The van der Waals surface area contributed by atoms with Crippen molar-refractivity contribution in [3.05, 3.63) is 21.4 Å². The Labute approximate surface area is 171 Å². The molecule has 6 heteroatoms. The Morgan fingerprint density at radius 1 is 1.00 bits per heavy atom. The van der Waals surface area contributed by atoms with Gasteiger partial charge in [-0.15, -0.1) is 0 Å². The van der Waals surface area contributed by atoms with Gasteiger partial charge in [0.15, 0.2) is 11.5 Å². The first kappa shape index (κ1) is 21.3. The standard InChI is InChI=1S/C20H30INO3Si/c1-7-9-11-26(5,6)25-20-19(21)15-13-18(24-4)17(23-3)12-14(15)16(22-20)10-8-2/h12-13H,7-11H2,1-6H3. The molecule has 0 amide bonds. The summed E-state index contributed by atoms with van der Waals surface area (Å²) in [6, 6.07) is 5.23. The van der Waals surface area contributed by atoms with Gasteiger partial charge in [0.2, 0.25) is 14.2 Å². The minimum absolute atomic E-state index is 0.736. The Bertz CT molecular complexity index is 765. The number of methoxy groups -OCH3 is 2. The second-order valence-corrected chi connectivity index (χ2v) is 12.4. The Kier molecular flexibility index (Phi) is 7.58. The highest BCUT2D eigenvalue weighted by Gasteiger charge is 2.26. The lowest BCUT2D eigenvalue weighted by atomic mass is 10.1. The van der Waals surface area contributed by atoms with Crippen LogP contribution in [0.1, 0.15) is 38.8 Å². The van der Waals surface area contributed by atoms with Crippen LogP contribution in [0.4, 0.5) is 0 Å². The van der Waals surface area contributed by atoms with Crippen molar-refractivity contribution in [1.29, 1.82) is 0 Å². The van der Waals surface area contributed by atoms with Gasteiger partial charge >= 0.3 is 0 Å². The highest BCUT2D eigenvalue weighted by Crippen LogP contribution is 2.39. The average Bonchev–Trinajstić information content (AvgIpc) is 2.62. The van der Waals surface area contributed by atoms with Gasteiger partial charge in [0, 0.05) is 10.8 Å². The molecule has 1 aromatic carbocycles. The maximum absolute atomic E-state index is 6.51. The monoisotopic (exact) mass is 487 g/mol. The van der Waals surface area contributed by atoms with Crippen LogP contribution in [0.2, 0.25) is 19.1 Å². The van der Waals surface area contributed by atoms with E-state index in [1.165, 1.54) is 12.8 Å². The molecule has 1 heterocycles. The van der Waals surface area contributed by atoms with E-state index in [2.05, 4.69) is 49.5 Å². The average molecular weight is 487 g/mol. The van der Waals surface area contributed by atoms with E-state index in [0.29, 0.717) is 0 Å². The summed E-state index contributed by atoms with van der Waals surface area (Å²) in [7, 11) is 1.54. The number of ether oxygens (including phenoxy) is 2. The first-order valence-corrected chi connectivity index (χ1v) is 13.5. The zero-order chi connectivity index (χ0) is 19.3. The molecule has 26 heavy (non-hydrogen) atoms. The molecule has 0 bridgehead atoms. The topological polar surface area (TPSA) is 40.6 Å². The summed E-state index contributed by atoms with van der Waals surface area (Å²) in [5.41, 5.74) is 1.07. The van der Waals surface area contributed by atoms with Gasteiger partial charge in [-0.25, -0.2) is 4.98 Å². The molecule has 0 atom stereocenters. The van der Waals surface area contributed by atoms with Crippen molar-refractivity contribution < 1.29 is 13.9 Å². The number of aromatic nitrogens is 1. The van der Waals surface area contributed by atoms with Crippen LogP contribution < -0.4 is 13.9 Å². The normalized spacial score (nSPS) is 11.7. The van der Waals surface area contributed by atoms with E-state index in [-0.39, 0.29) is 0 Å². The number of aryl methyl sites for hydroxylation is 1. The molecule has 0 spiro atoms. The third kappa shape index (κ3) is 4.82. The third-order valence-electron chi connectivity index (χ3n) is 4.49. The molecule has 2 aromatic rings. The molecular formula is C20H30INO3Si. The molecule has 1 aromatic heterocycles. The van der Waals surface area contributed by atoms with E-state index in [1.54, 1.807) is 14.2 Å². The SMILES string of the molecule is CCCC[Si](C)(C)Oc1nc(CCC)c2cc(OC)c(OC)cc2c1I. The van der Waals surface area contributed by atoms with E-state index in [1.807, 2.05) is 12.1 Å². The first-order valence-electron chi connectivity index (χ1n) is 9.30. The van der Waals surface area contributed by atoms with E-state index in [0.717, 1.165) is 56.3 Å². The minimum Gasteiger partial charge on any atom is -0.530 e. The Morgan fingerprint density at radius 2 is 1.62 bits per heavy atom. The number of halogens is 1.